The molecule has 0 saturated carbocycles. The second-order valence-corrected chi connectivity index (χ2v) is 4.74. The summed E-state index contributed by atoms with van der Waals surface area (Å²) >= 11 is 0. The number of anilines is 1. The second kappa shape index (κ2) is 8.77. The van der Waals surface area contributed by atoms with Crippen molar-refractivity contribution in [2.75, 3.05) is 19.3 Å². The van der Waals surface area contributed by atoms with Crippen LogP contribution in [-0.2, 0) is 11.3 Å². The van der Waals surface area contributed by atoms with E-state index in [-0.39, 0.29) is 23.5 Å². The molecular formula is C17H21NO5. The standard InChI is InChI=1S/C16H17NO4.CH4O/c1-11-4-3-5-12(8-11)10-17(20)14-7-6-13(9-15(14)18)16(19)21-2;1-2/h3-9,18,20H,10H2,1-2H3;2H,1H3. The number of hydrogen-bond donors (Lipinski definition) is 3. The molecular weight excluding hydrogens is 298 g/mol. The van der Waals surface area contributed by atoms with E-state index < -0.39 is 5.97 Å². The van der Waals surface area contributed by atoms with Gasteiger partial charge < -0.3 is 14.9 Å². The van der Waals surface area contributed by atoms with Gasteiger partial charge in [-0.25, -0.2) is 9.86 Å². The fourth-order valence-corrected chi connectivity index (χ4v) is 2.06. The molecule has 3 N–H and O–H groups in total. The van der Waals surface area contributed by atoms with E-state index in [4.69, 9.17) is 5.11 Å². The zero-order valence-electron chi connectivity index (χ0n) is 13.4. The van der Waals surface area contributed by atoms with Gasteiger partial charge in [0.1, 0.15) is 11.4 Å². The Hall–Kier alpha value is -2.57. The van der Waals surface area contributed by atoms with Crippen LogP contribution in [0, 0.1) is 6.92 Å². The summed E-state index contributed by atoms with van der Waals surface area (Å²) in [6, 6.07) is 11.9. The monoisotopic (exact) mass is 319 g/mol. The minimum absolute atomic E-state index is 0.187. The van der Waals surface area contributed by atoms with Gasteiger partial charge in [-0.1, -0.05) is 29.8 Å². The van der Waals surface area contributed by atoms with Crippen LogP contribution in [0.1, 0.15) is 21.5 Å². The molecule has 0 saturated heterocycles. The summed E-state index contributed by atoms with van der Waals surface area (Å²) in [4.78, 5) is 11.4. The Labute approximate surface area is 135 Å². The molecule has 0 fully saturated rings. The second-order valence-electron chi connectivity index (χ2n) is 4.74. The Morgan fingerprint density at radius 3 is 2.43 bits per heavy atom. The third-order valence-electron chi connectivity index (χ3n) is 3.09. The molecule has 0 aliphatic heterocycles. The number of hydroxylamine groups is 1. The average Bonchev–Trinajstić information content (AvgIpc) is 2.55. The van der Waals surface area contributed by atoms with Crippen molar-refractivity contribution in [1.82, 2.24) is 0 Å². The number of benzene rings is 2. The maximum absolute atomic E-state index is 11.4. The summed E-state index contributed by atoms with van der Waals surface area (Å²) in [5.74, 6) is -0.729. The number of esters is 1. The third kappa shape index (κ3) is 4.98. The molecule has 2 aromatic rings. The number of carbonyl (C=O) groups is 1. The smallest absolute Gasteiger partial charge is 0.337 e. The van der Waals surface area contributed by atoms with Crippen LogP contribution in [0.2, 0.25) is 0 Å². The Morgan fingerprint density at radius 1 is 1.17 bits per heavy atom. The van der Waals surface area contributed by atoms with Crippen molar-refractivity contribution < 1.29 is 25.0 Å². The first-order valence-electron chi connectivity index (χ1n) is 6.89. The highest BCUT2D eigenvalue weighted by molar-refractivity contribution is 5.90. The lowest BCUT2D eigenvalue weighted by Crippen LogP contribution is -2.17. The number of hydrogen-bond acceptors (Lipinski definition) is 6. The summed E-state index contributed by atoms with van der Waals surface area (Å²) in [5.41, 5.74) is 2.45. The van der Waals surface area contributed by atoms with E-state index in [0.717, 1.165) is 23.3 Å². The van der Waals surface area contributed by atoms with Crippen molar-refractivity contribution in [1.29, 1.82) is 0 Å². The lowest BCUT2D eigenvalue weighted by molar-refractivity contribution is 0.0600. The number of aromatic hydroxyl groups is 1. The molecule has 2 rings (SSSR count). The van der Waals surface area contributed by atoms with E-state index in [1.807, 2.05) is 31.2 Å². The summed E-state index contributed by atoms with van der Waals surface area (Å²) in [7, 11) is 2.27. The van der Waals surface area contributed by atoms with Gasteiger partial charge in [0.15, 0.2) is 0 Å². The largest absolute Gasteiger partial charge is 0.506 e. The molecule has 0 bridgehead atoms. The molecule has 0 unspecified atom stereocenters. The van der Waals surface area contributed by atoms with E-state index in [9.17, 15) is 15.1 Å². The van der Waals surface area contributed by atoms with Crippen molar-refractivity contribution in [3.05, 3.63) is 59.2 Å². The number of rotatable bonds is 4. The summed E-state index contributed by atoms with van der Waals surface area (Å²) in [6.07, 6.45) is 0. The van der Waals surface area contributed by atoms with Crippen LogP contribution in [0.5, 0.6) is 5.75 Å². The SMILES string of the molecule is CO.COC(=O)c1ccc(N(O)Cc2cccc(C)c2)c(O)c1. The van der Waals surface area contributed by atoms with Crippen molar-refractivity contribution in [3.63, 3.8) is 0 Å². The first-order valence-corrected chi connectivity index (χ1v) is 6.89. The van der Waals surface area contributed by atoms with E-state index in [1.165, 1.54) is 25.3 Å². The molecule has 0 atom stereocenters. The number of aliphatic hydroxyl groups excluding tert-OH is 1. The third-order valence-corrected chi connectivity index (χ3v) is 3.09. The van der Waals surface area contributed by atoms with E-state index in [0.29, 0.717) is 0 Å². The molecule has 0 spiro atoms. The number of methoxy groups -OCH3 is 1. The Balaban J connectivity index is 0.00000127. The summed E-state index contributed by atoms with van der Waals surface area (Å²) in [6.45, 7) is 2.20. The van der Waals surface area contributed by atoms with Crippen LogP contribution in [0.15, 0.2) is 42.5 Å². The lowest BCUT2D eigenvalue weighted by Gasteiger charge is -2.18. The Kier molecular flexibility index (Phi) is 7.05. The van der Waals surface area contributed by atoms with Crippen LogP contribution in [0.4, 0.5) is 5.69 Å². The maximum Gasteiger partial charge on any atom is 0.337 e. The fourth-order valence-electron chi connectivity index (χ4n) is 2.06. The molecule has 6 nitrogen and oxygen atoms in total. The number of phenols is 1. The minimum Gasteiger partial charge on any atom is -0.506 e. The van der Waals surface area contributed by atoms with E-state index >= 15 is 0 Å². The molecule has 0 aromatic heterocycles. The van der Waals surface area contributed by atoms with Gasteiger partial charge in [0.05, 0.1) is 19.2 Å². The zero-order valence-corrected chi connectivity index (χ0v) is 13.4. The van der Waals surface area contributed by atoms with E-state index in [1.54, 1.807) is 0 Å². The lowest BCUT2D eigenvalue weighted by atomic mass is 10.1. The molecule has 0 radical (unpaired) electrons. The fraction of sp³-hybridized carbons (Fsp3) is 0.235. The van der Waals surface area contributed by atoms with Gasteiger partial charge in [0.25, 0.3) is 0 Å². The molecule has 2 aromatic carbocycles. The molecule has 124 valence electrons. The molecule has 0 heterocycles. The molecule has 6 heteroatoms. The van der Waals surface area contributed by atoms with Crippen LogP contribution in [0.3, 0.4) is 0 Å². The highest BCUT2D eigenvalue weighted by atomic mass is 16.5. The summed E-state index contributed by atoms with van der Waals surface area (Å²) in [5, 5.41) is 28.0. The van der Waals surface area contributed by atoms with Gasteiger partial charge in [0.2, 0.25) is 0 Å². The van der Waals surface area contributed by atoms with Crippen molar-refractivity contribution >= 4 is 11.7 Å². The van der Waals surface area contributed by atoms with Gasteiger partial charge in [-0.2, -0.15) is 0 Å². The quantitative estimate of drug-likeness (QED) is 0.592. The van der Waals surface area contributed by atoms with Gasteiger partial charge in [-0.05, 0) is 30.7 Å². The molecule has 0 aliphatic carbocycles. The van der Waals surface area contributed by atoms with Gasteiger partial charge in [0, 0.05) is 7.11 Å². The summed E-state index contributed by atoms with van der Waals surface area (Å²) < 4.78 is 4.57. The van der Waals surface area contributed by atoms with Crippen molar-refractivity contribution in [2.24, 2.45) is 0 Å². The number of aliphatic hydroxyl groups is 1. The van der Waals surface area contributed by atoms with E-state index in [2.05, 4.69) is 4.74 Å². The first kappa shape index (κ1) is 18.5. The van der Waals surface area contributed by atoms with Crippen LogP contribution in [0.25, 0.3) is 0 Å². The maximum atomic E-state index is 11.4. The van der Waals surface area contributed by atoms with Crippen molar-refractivity contribution in [2.45, 2.75) is 13.5 Å². The highest BCUT2D eigenvalue weighted by Crippen LogP contribution is 2.28. The molecule has 0 amide bonds. The van der Waals surface area contributed by atoms with Gasteiger partial charge in [-0.3, -0.25) is 5.21 Å². The Morgan fingerprint density at radius 2 is 1.87 bits per heavy atom. The topological polar surface area (TPSA) is 90.2 Å². The number of carbonyl (C=O) groups excluding carboxylic acids is 1. The van der Waals surface area contributed by atoms with Crippen LogP contribution >= 0.6 is 0 Å². The van der Waals surface area contributed by atoms with Crippen LogP contribution < -0.4 is 5.06 Å². The number of aryl methyl sites for hydroxylation is 1. The average molecular weight is 319 g/mol. The first-order chi connectivity index (χ1) is 11.0. The predicted octanol–water partition coefficient (Wildman–Crippen LogP) is 2.49. The van der Waals surface area contributed by atoms with Gasteiger partial charge in [-0.15, -0.1) is 0 Å². The van der Waals surface area contributed by atoms with Gasteiger partial charge >= 0.3 is 5.97 Å². The molecule has 23 heavy (non-hydrogen) atoms. The molecule has 0 aliphatic rings. The normalized spacial score (nSPS) is 9.61. The Bertz CT molecular complexity index is 657. The van der Waals surface area contributed by atoms with Crippen LogP contribution in [-0.4, -0.2) is 35.6 Å². The number of ether oxygens (including phenoxy) is 1. The number of nitrogens with zero attached hydrogens (tertiary/aromatic N) is 1. The van der Waals surface area contributed by atoms with Crippen molar-refractivity contribution in [3.8, 4) is 5.75 Å². The highest BCUT2D eigenvalue weighted by Gasteiger charge is 2.13. The zero-order chi connectivity index (χ0) is 17.4. The number of phenolic OH excluding ortho intramolecular Hbond substituents is 1. The minimum atomic E-state index is -0.542. The predicted molar refractivity (Wildman–Crippen MR) is 86.7 cm³/mol.